The summed E-state index contributed by atoms with van der Waals surface area (Å²) >= 11 is 0. The van der Waals surface area contributed by atoms with E-state index < -0.39 is 0 Å². The Hall–Kier alpha value is -3.42. The number of benzene rings is 2. The Morgan fingerprint density at radius 2 is 1.86 bits per heavy atom. The summed E-state index contributed by atoms with van der Waals surface area (Å²) in [6.07, 6.45) is 0.650. The van der Waals surface area contributed by atoms with Crippen LogP contribution in [0.3, 0.4) is 0 Å². The number of amidine groups is 1. The van der Waals surface area contributed by atoms with Crippen molar-refractivity contribution >= 4 is 11.9 Å². The molecule has 1 amide bonds. The predicted molar refractivity (Wildman–Crippen MR) is 107 cm³/mol. The Kier molecular flexibility index (Phi) is 6.78. The molecule has 0 saturated carbocycles. The number of fused-ring (bicyclic) bond motifs is 1. The molecular formula is C21H24N2O6. The van der Waals surface area contributed by atoms with E-state index in [1.54, 1.807) is 32.4 Å². The van der Waals surface area contributed by atoms with Crippen LogP contribution in [-0.4, -0.2) is 46.1 Å². The summed E-state index contributed by atoms with van der Waals surface area (Å²) in [6, 6.07) is 10.9. The van der Waals surface area contributed by atoms with Gasteiger partial charge in [-0.25, -0.2) is 4.99 Å². The average molecular weight is 400 g/mol. The number of hydrogen-bond donors (Lipinski definition) is 1. The molecule has 0 aliphatic carbocycles. The highest BCUT2D eigenvalue weighted by Crippen LogP contribution is 2.32. The largest absolute Gasteiger partial charge is 0.493 e. The number of nitrogens with zero attached hydrogens (tertiary/aromatic N) is 1. The molecule has 0 fully saturated rings. The SMILES string of the molecule is CCOC(=NCCc1ccc(OC)c(OC)c1)NC(=O)c1ccc2c(c1)OCO2. The summed E-state index contributed by atoms with van der Waals surface area (Å²) in [5.74, 6) is 2.17. The van der Waals surface area contributed by atoms with Crippen LogP contribution in [0.4, 0.5) is 0 Å². The van der Waals surface area contributed by atoms with Crippen molar-refractivity contribution in [1.82, 2.24) is 5.32 Å². The molecule has 154 valence electrons. The standard InChI is InChI=1S/C21H24N2O6/c1-4-27-21(22-10-9-14-5-7-16(25-2)18(11-14)26-3)23-20(24)15-6-8-17-19(12-15)29-13-28-17/h5-8,11-12H,4,9-10,13H2,1-3H3,(H,22,23,24). The molecule has 0 unspecified atom stereocenters. The molecule has 0 aromatic heterocycles. The highest BCUT2D eigenvalue weighted by molar-refractivity contribution is 6.04. The second-order valence-corrected chi connectivity index (χ2v) is 6.08. The van der Waals surface area contributed by atoms with E-state index in [9.17, 15) is 4.79 Å². The van der Waals surface area contributed by atoms with Crippen molar-refractivity contribution in [3.8, 4) is 23.0 Å². The van der Waals surface area contributed by atoms with Crippen molar-refractivity contribution in [1.29, 1.82) is 0 Å². The third-order valence-corrected chi connectivity index (χ3v) is 4.24. The fraction of sp³-hybridized carbons (Fsp3) is 0.333. The lowest BCUT2D eigenvalue weighted by Gasteiger charge is -2.11. The van der Waals surface area contributed by atoms with Crippen molar-refractivity contribution in [2.75, 3.05) is 34.2 Å². The molecule has 8 heteroatoms. The molecular weight excluding hydrogens is 376 g/mol. The Morgan fingerprint density at radius 3 is 2.62 bits per heavy atom. The van der Waals surface area contributed by atoms with Gasteiger partial charge in [-0.3, -0.25) is 10.1 Å². The summed E-state index contributed by atoms with van der Waals surface area (Å²) in [7, 11) is 3.19. The fourth-order valence-electron chi connectivity index (χ4n) is 2.79. The van der Waals surface area contributed by atoms with Gasteiger partial charge < -0.3 is 23.7 Å². The fourth-order valence-corrected chi connectivity index (χ4v) is 2.79. The lowest BCUT2D eigenvalue weighted by molar-refractivity contribution is 0.0965. The van der Waals surface area contributed by atoms with Crippen LogP contribution in [0.25, 0.3) is 0 Å². The van der Waals surface area contributed by atoms with Crippen LogP contribution in [-0.2, 0) is 11.2 Å². The van der Waals surface area contributed by atoms with Crippen LogP contribution >= 0.6 is 0 Å². The van der Waals surface area contributed by atoms with Gasteiger partial charge in [-0.15, -0.1) is 0 Å². The van der Waals surface area contributed by atoms with E-state index in [0.717, 1.165) is 5.56 Å². The van der Waals surface area contributed by atoms with Crippen molar-refractivity contribution in [3.63, 3.8) is 0 Å². The van der Waals surface area contributed by atoms with Gasteiger partial charge >= 0.3 is 0 Å². The predicted octanol–water partition coefficient (Wildman–Crippen LogP) is 2.80. The summed E-state index contributed by atoms with van der Waals surface area (Å²) in [4.78, 5) is 16.9. The molecule has 0 bridgehead atoms. The number of hydrogen-bond acceptors (Lipinski definition) is 7. The third kappa shape index (κ3) is 5.10. The van der Waals surface area contributed by atoms with Gasteiger partial charge in [0.2, 0.25) is 6.79 Å². The van der Waals surface area contributed by atoms with Gasteiger partial charge in [0.1, 0.15) is 0 Å². The van der Waals surface area contributed by atoms with E-state index >= 15 is 0 Å². The van der Waals surface area contributed by atoms with E-state index in [-0.39, 0.29) is 18.7 Å². The van der Waals surface area contributed by atoms with Crippen LogP contribution < -0.4 is 24.3 Å². The number of rotatable bonds is 7. The van der Waals surface area contributed by atoms with E-state index in [4.69, 9.17) is 23.7 Å². The second kappa shape index (κ2) is 9.68. The molecule has 1 aliphatic heterocycles. The number of carbonyl (C=O) groups excluding carboxylic acids is 1. The first kappa shape index (κ1) is 20.3. The molecule has 1 N–H and O–H groups in total. The molecule has 2 aromatic carbocycles. The van der Waals surface area contributed by atoms with Crippen LogP contribution in [0.5, 0.6) is 23.0 Å². The van der Waals surface area contributed by atoms with Crippen molar-refractivity contribution in [2.24, 2.45) is 4.99 Å². The smallest absolute Gasteiger partial charge is 0.291 e. The van der Waals surface area contributed by atoms with Crippen molar-refractivity contribution < 1.29 is 28.5 Å². The van der Waals surface area contributed by atoms with Gasteiger partial charge in [0, 0.05) is 12.1 Å². The first-order valence-electron chi connectivity index (χ1n) is 9.23. The first-order valence-corrected chi connectivity index (χ1v) is 9.23. The van der Waals surface area contributed by atoms with Gasteiger partial charge in [0.15, 0.2) is 23.0 Å². The molecule has 0 spiro atoms. The van der Waals surface area contributed by atoms with Gasteiger partial charge in [0.25, 0.3) is 11.9 Å². The highest BCUT2D eigenvalue weighted by Gasteiger charge is 2.17. The number of aliphatic imine (C=N–C) groups is 1. The third-order valence-electron chi connectivity index (χ3n) is 4.24. The highest BCUT2D eigenvalue weighted by atomic mass is 16.7. The number of nitrogens with one attached hydrogen (secondary N) is 1. The van der Waals surface area contributed by atoms with Crippen molar-refractivity contribution in [2.45, 2.75) is 13.3 Å². The van der Waals surface area contributed by atoms with E-state index in [0.29, 0.717) is 48.1 Å². The second-order valence-electron chi connectivity index (χ2n) is 6.08. The molecule has 0 atom stereocenters. The zero-order chi connectivity index (χ0) is 20.6. The molecule has 0 radical (unpaired) electrons. The zero-order valence-corrected chi connectivity index (χ0v) is 16.7. The molecule has 8 nitrogen and oxygen atoms in total. The lowest BCUT2D eigenvalue weighted by atomic mass is 10.1. The molecule has 1 aliphatic rings. The van der Waals surface area contributed by atoms with Crippen LogP contribution in [0.15, 0.2) is 41.4 Å². The van der Waals surface area contributed by atoms with E-state index in [2.05, 4.69) is 10.3 Å². The number of ether oxygens (including phenoxy) is 5. The first-order chi connectivity index (χ1) is 14.1. The minimum absolute atomic E-state index is 0.155. The van der Waals surface area contributed by atoms with Crippen LogP contribution in [0.2, 0.25) is 0 Å². The number of methoxy groups -OCH3 is 2. The number of carbonyl (C=O) groups is 1. The summed E-state index contributed by atoms with van der Waals surface area (Å²) in [5, 5.41) is 2.70. The molecule has 3 rings (SSSR count). The minimum atomic E-state index is -0.332. The minimum Gasteiger partial charge on any atom is -0.493 e. The molecule has 2 aromatic rings. The summed E-state index contributed by atoms with van der Waals surface area (Å²) < 4.78 is 26.6. The van der Waals surface area contributed by atoms with Gasteiger partial charge in [0.05, 0.1) is 20.8 Å². The Bertz CT molecular complexity index is 897. The van der Waals surface area contributed by atoms with Crippen LogP contribution in [0.1, 0.15) is 22.8 Å². The normalized spacial score (nSPS) is 12.4. The maximum atomic E-state index is 12.5. The zero-order valence-electron chi connectivity index (χ0n) is 16.7. The topological polar surface area (TPSA) is 87.6 Å². The van der Waals surface area contributed by atoms with Crippen LogP contribution in [0, 0.1) is 0 Å². The molecule has 1 heterocycles. The summed E-state index contributed by atoms with van der Waals surface area (Å²) in [6.45, 7) is 2.81. The van der Waals surface area contributed by atoms with Crippen molar-refractivity contribution in [3.05, 3.63) is 47.5 Å². The van der Waals surface area contributed by atoms with Gasteiger partial charge in [-0.1, -0.05) is 6.07 Å². The maximum Gasteiger partial charge on any atom is 0.291 e. The Balaban J connectivity index is 1.63. The monoisotopic (exact) mass is 400 g/mol. The quantitative estimate of drug-likeness (QED) is 0.568. The maximum absolute atomic E-state index is 12.5. The molecule has 0 saturated heterocycles. The molecule has 29 heavy (non-hydrogen) atoms. The average Bonchev–Trinajstić information content (AvgIpc) is 3.21. The summed E-state index contributed by atoms with van der Waals surface area (Å²) in [5.41, 5.74) is 1.46. The van der Waals surface area contributed by atoms with E-state index in [1.165, 1.54) is 0 Å². The van der Waals surface area contributed by atoms with E-state index in [1.807, 2.05) is 25.1 Å². The Labute approximate surface area is 169 Å². The Morgan fingerprint density at radius 1 is 1.07 bits per heavy atom. The van der Waals surface area contributed by atoms with Gasteiger partial charge in [-0.2, -0.15) is 0 Å². The number of amides is 1. The lowest BCUT2D eigenvalue weighted by Crippen LogP contribution is -2.33. The van der Waals surface area contributed by atoms with Gasteiger partial charge in [-0.05, 0) is 49.2 Å².